The van der Waals surface area contributed by atoms with Crippen molar-refractivity contribution in [2.45, 2.75) is 31.8 Å². The lowest BCUT2D eigenvalue weighted by Crippen LogP contribution is -2.21. The molecule has 0 amide bonds. The van der Waals surface area contributed by atoms with Crippen LogP contribution in [-0.4, -0.2) is 18.7 Å². The second kappa shape index (κ2) is 10.9. The van der Waals surface area contributed by atoms with Crippen LogP contribution in [0.3, 0.4) is 0 Å². The zero-order valence-electron chi connectivity index (χ0n) is 10.1. The fraction of sp³-hybridized carbons (Fsp3) is 0.429. The monoisotopic (exact) mass is 235 g/mol. The molecule has 0 saturated carbocycles. The van der Waals surface area contributed by atoms with Gasteiger partial charge in [-0.15, -0.1) is 12.3 Å². The first-order valence-corrected chi connectivity index (χ1v) is 5.64. The van der Waals surface area contributed by atoms with E-state index in [4.69, 9.17) is 4.74 Å². The van der Waals surface area contributed by atoms with Gasteiger partial charge < -0.3 is 14.6 Å². The predicted molar refractivity (Wildman–Crippen MR) is 66.3 cm³/mol. The quantitative estimate of drug-likeness (QED) is 0.428. The van der Waals surface area contributed by atoms with Gasteiger partial charge in [-0.2, -0.15) is 0 Å². The number of carbonyl (C=O) groups is 1. The van der Waals surface area contributed by atoms with E-state index in [1.165, 1.54) is 0 Å². The van der Waals surface area contributed by atoms with Gasteiger partial charge >= 0.3 is 0 Å². The van der Waals surface area contributed by atoms with Crippen molar-refractivity contribution < 1.29 is 14.6 Å². The van der Waals surface area contributed by atoms with Crippen molar-refractivity contribution in [2.24, 2.45) is 0 Å². The van der Waals surface area contributed by atoms with Crippen LogP contribution in [0.5, 0.6) is 0 Å². The summed E-state index contributed by atoms with van der Waals surface area (Å²) in [6, 6.07) is 0. The minimum Gasteiger partial charge on any atom is -0.550 e. The van der Waals surface area contributed by atoms with Gasteiger partial charge in [-0.05, 0) is 31.8 Å². The van der Waals surface area contributed by atoms with Crippen LogP contribution >= 0.6 is 0 Å². The van der Waals surface area contributed by atoms with E-state index in [2.05, 4.69) is 18.9 Å². The van der Waals surface area contributed by atoms with Crippen LogP contribution in [0.1, 0.15) is 25.7 Å². The highest BCUT2D eigenvalue weighted by Gasteiger charge is 2.01. The van der Waals surface area contributed by atoms with E-state index in [-0.39, 0.29) is 12.5 Å². The van der Waals surface area contributed by atoms with Crippen molar-refractivity contribution in [1.82, 2.24) is 0 Å². The summed E-state index contributed by atoms with van der Waals surface area (Å²) < 4.78 is 5.46. The Kier molecular flexibility index (Phi) is 9.92. The molecule has 0 saturated heterocycles. The van der Waals surface area contributed by atoms with Crippen molar-refractivity contribution in [2.75, 3.05) is 6.61 Å². The van der Waals surface area contributed by atoms with Crippen molar-refractivity contribution in [3.63, 3.8) is 0 Å². The van der Waals surface area contributed by atoms with E-state index in [9.17, 15) is 9.90 Å². The first-order valence-electron chi connectivity index (χ1n) is 5.64. The molecule has 0 radical (unpaired) electrons. The Morgan fingerprint density at radius 1 is 1.41 bits per heavy atom. The van der Waals surface area contributed by atoms with E-state index in [1.54, 1.807) is 12.2 Å². The van der Waals surface area contributed by atoms with Gasteiger partial charge in [-0.25, -0.2) is 0 Å². The standard InChI is InChI=1S/C14H20O3/c1-3-9-13(17-12-4-2)10-7-5-6-8-11-14(15)16/h4-6,9,13H,1-2,7-8,10-12H2,(H,15,16)/p-1/b6-5+. The number of rotatable bonds is 10. The zero-order chi connectivity index (χ0) is 12.9. The fourth-order valence-electron chi connectivity index (χ4n) is 1.24. The van der Waals surface area contributed by atoms with Gasteiger partial charge in [0.1, 0.15) is 0 Å². The van der Waals surface area contributed by atoms with Crippen LogP contribution in [0.4, 0.5) is 0 Å². The SMILES string of the molecule is C=C=CC(CC/C=C/CCC(=O)[O-])OCC=C. The Hall–Kier alpha value is -1.57. The third kappa shape index (κ3) is 10.7. The van der Waals surface area contributed by atoms with Crippen LogP contribution < -0.4 is 5.11 Å². The third-order valence-electron chi connectivity index (χ3n) is 2.03. The van der Waals surface area contributed by atoms with Crippen LogP contribution in [0.25, 0.3) is 0 Å². The maximum absolute atomic E-state index is 10.1. The highest BCUT2D eigenvalue weighted by molar-refractivity contribution is 5.64. The minimum absolute atomic E-state index is 0.0173. The van der Waals surface area contributed by atoms with Gasteiger partial charge in [0.2, 0.25) is 0 Å². The Morgan fingerprint density at radius 3 is 2.71 bits per heavy atom. The molecule has 0 spiro atoms. The highest BCUT2D eigenvalue weighted by atomic mass is 16.5. The maximum atomic E-state index is 10.1. The average Bonchev–Trinajstić information content (AvgIpc) is 2.29. The third-order valence-corrected chi connectivity index (χ3v) is 2.03. The molecule has 0 N–H and O–H groups in total. The number of allylic oxidation sites excluding steroid dienone is 2. The molecule has 94 valence electrons. The lowest BCUT2D eigenvalue weighted by Gasteiger charge is -2.10. The number of hydrogen-bond donors (Lipinski definition) is 0. The molecule has 0 bridgehead atoms. The molecule has 0 aromatic rings. The molecule has 3 nitrogen and oxygen atoms in total. The summed E-state index contributed by atoms with van der Waals surface area (Å²) in [6.07, 6.45) is 9.47. The molecule has 0 rings (SSSR count). The van der Waals surface area contributed by atoms with E-state index >= 15 is 0 Å². The van der Waals surface area contributed by atoms with Gasteiger partial charge in [0.05, 0.1) is 12.7 Å². The van der Waals surface area contributed by atoms with E-state index in [0.29, 0.717) is 13.0 Å². The Labute approximate surface area is 103 Å². The molecule has 0 aromatic carbocycles. The lowest BCUT2D eigenvalue weighted by molar-refractivity contribution is -0.305. The molecular weight excluding hydrogens is 216 g/mol. The van der Waals surface area contributed by atoms with Gasteiger partial charge in [0.25, 0.3) is 0 Å². The van der Waals surface area contributed by atoms with Gasteiger partial charge in [-0.3, -0.25) is 0 Å². The molecular formula is C14H19O3-. The number of hydrogen-bond acceptors (Lipinski definition) is 3. The average molecular weight is 235 g/mol. The summed E-state index contributed by atoms with van der Waals surface area (Å²) in [5, 5.41) is 10.1. The van der Waals surface area contributed by atoms with Gasteiger partial charge in [0, 0.05) is 5.97 Å². The molecule has 0 aliphatic rings. The van der Waals surface area contributed by atoms with Crippen molar-refractivity contribution >= 4 is 5.97 Å². The topological polar surface area (TPSA) is 49.4 Å². The summed E-state index contributed by atoms with van der Waals surface area (Å²) in [6.45, 7) is 7.59. The number of carboxylic acids is 1. The predicted octanol–water partition coefficient (Wildman–Crippen LogP) is 1.77. The molecule has 0 aliphatic heterocycles. The van der Waals surface area contributed by atoms with Crippen LogP contribution in [0, 0.1) is 0 Å². The fourth-order valence-corrected chi connectivity index (χ4v) is 1.24. The first-order chi connectivity index (χ1) is 8.20. The van der Waals surface area contributed by atoms with Crippen molar-refractivity contribution in [3.05, 3.63) is 43.2 Å². The summed E-state index contributed by atoms with van der Waals surface area (Å²) in [5.74, 6) is -1.02. The molecule has 0 aromatic heterocycles. The smallest absolute Gasteiger partial charge is 0.0836 e. The number of aliphatic carboxylic acids is 1. The Balaban J connectivity index is 3.76. The number of ether oxygens (including phenoxy) is 1. The van der Waals surface area contributed by atoms with Gasteiger partial charge in [0.15, 0.2) is 0 Å². The molecule has 17 heavy (non-hydrogen) atoms. The molecule has 1 unspecified atom stereocenters. The molecule has 0 aliphatic carbocycles. The largest absolute Gasteiger partial charge is 0.550 e. The summed E-state index contributed by atoms with van der Waals surface area (Å²) in [7, 11) is 0. The van der Waals surface area contributed by atoms with Crippen molar-refractivity contribution in [1.29, 1.82) is 0 Å². The number of carboxylic acid groups (broad SMARTS) is 1. The molecule has 0 heterocycles. The van der Waals surface area contributed by atoms with E-state index in [1.807, 2.05) is 12.2 Å². The second-order valence-electron chi connectivity index (χ2n) is 3.49. The summed E-state index contributed by atoms with van der Waals surface area (Å²) in [4.78, 5) is 10.1. The second-order valence-corrected chi connectivity index (χ2v) is 3.49. The van der Waals surface area contributed by atoms with E-state index < -0.39 is 5.97 Å². The van der Waals surface area contributed by atoms with Crippen molar-refractivity contribution in [3.8, 4) is 0 Å². The Bertz CT molecular complexity index is 299. The lowest BCUT2D eigenvalue weighted by atomic mass is 10.1. The molecule has 1 atom stereocenters. The normalized spacial score (nSPS) is 12.0. The summed E-state index contributed by atoms with van der Waals surface area (Å²) >= 11 is 0. The zero-order valence-corrected chi connectivity index (χ0v) is 10.1. The van der Waals surface area contributed by atoms with Crippen LogP contribution in [-0.2, 0) is 9.53 Å². The molecule has 0 fully saturated rings. The highest BCUT2D eigenvalue weighted by Crippen LogP contribution is 2.05. The minimum atomic E-state index is -1.02. The van der Waals surface area contributed by atoms with E-state index in [0.717, 1.165) is 12.8 Å². The molecule has 3 heteroatoms. The van der Waals surface area contributed by atoms with Crippen LogP contribution in [0.2, 0.25) is 0 Å². The first kappa shape index (κ1) is 15.4. The number of carbonyl (C=O) groups excluding carboxylic acids is 1. The van der Waals surface area contributed by atoms with Crippen LogP contribution in [0.15, 0.2) is 43.2 Å². The maximum Gasteiger partial charge on any atom is 0.0836 e. The summed E-state index contributed by atoms with van der Waals surface area (Å²) in [5.41, 5.74) is 2.70. The van der Waals surface area contributed by atoms with Gasteiger partial charge in [-0.1, -0.05) is 24.8 Å². The Morgan fingerprint density at radius 2 is 2.12 bits per heavy atom.